The van der Waals surface area contributed by atoms with Crippen molar-refractivity contribution >= 4 is 23.0 Å². The lowest BCUT2D eigenvalue weighted by molar-refractivity contribution is -0.383. The summed E-state index contributed by atoms with van der Waals surface area (Å²) < 4.78 is 0. The first-order valence-electron chi connectivity index (χ1n) is 8.69. The summed E-state index contributed by atoms with van der Waals surface area (Å²) in [6.45, 7) is 2.54. The number of aryl methyl sites for hydroxylation is 1. The van der Waals surface area contributed by atoms with Crippen LogP contribution in [0.4, 0.5) is 23.0 Å². The Bertz CT molecular complexity index is 931. The van der Waals surface area contributed by atoms with Crippen LogP contribution in [-0.2, 0) is 13.0 Å². The Labute approximate surface area is 157 Å². The lowest BCUT2D eigenvalue weighted by Crippen LogP contribution is -2.20. The molecule has 138 valence electrons. The summed E-state index contributed by atoms with van der Waals surface area (Å²) in [6, 6.07) is 17.5. The van der Waals surface area contributed by atoms with Gasteiger partial charge in [-0.2, -0.15) is 0 Å². The molecule has 0 aliphatic rings. The van der Waals surface area contributed by atoms with E-state index in [9.17, 15) is 10.1 Å². The summed E-state index contributed by atoms with van der Waals surface area (Å²) in [7, 11) is 1.78. The second kappa shape index (κ2) is 8.27. The van der Waals surface area contributed by atoms with Crippen LogP contribution in [0.15, 0.2) is 60.9 Å². The van der Waals surface area contributed by atoms with Crippen molar-refractivity contribution < 1.29 is 4.92 Å². The molecule has 3 aromatic rings. The van der Waals surface area contributed by atoms with Crippen LogP contribution in [-0.4, -0.2) is 21.9 Å². The number of rotatable bonds is 7. The van der Waals surface area contributed by atoms with Gasteiger partial charge in [0, 0.05) is 19.3 Å². The quantitative estimate of drug-likeness (QED) is 0.497. The fraction of sp³-hybridized carbons (Fsp3) is 0.200. The highest BCUT2D eigenvalue weighted by Crippen LogP contribution is 2.34. The van der Waals surface area contributed by atoms with Gasteiger partial charge in [-0.15, -0.1) is 0 Å². The van der Waals surface area contributed by atoms with E-state index in [-0.39, 0.29) is 17.3 Å². The number of aromatic nitrogens is 2. The summed E-state index contributed by atoms with van der Waals surface area (Å²) in [5, 5.41) is 14.9. The van der Waals surface area contributed by atoms with Crippen molar-refractivity contribution in [3.05, 3.63) is 82.2 Å². The predicted octanol–water partition coefficient (Wildman–Crippen LogP) is 4.33. The van der Waals surface area contributed by atoms with Crippen LogP contribution in [0.3, 0.4) is 0 Å². The van der Waals surface area contributed by atoms with Gasteiger partial charge in [0.1, 0.15) is 6.33 Å². The Balaban J connectivity index is 1.96. The van der Waals surface area contributed by atoms with Crippen LogP contribution < -0.4 is 10.2 Å². The van der Waals surface area contributed by atoms with Gasteiger partial charge in [-0.3, -0.25) is 10.1 Å². The fourth-order valence-corrected chi connectivity index (χ4v) is 2.92. The van der Waals surface area contributed by atoms with Gasteiger partial charge in [-0.25, -0.2) is 9.97 Å². The number of para-hydroxylation sites is 1. The number of hydrogen-bond donors (Lipinski definition) is 1. The molecule has 7 nitrogen and oxygen atoms in total. The molecule has 0 saturated carbocycles. The Hall–Kier alpha value is -3.48. The number of anilines is 3. The molecule has 0 spiro atoms. The molecule has 0 fully saturated rings. The average Bonchev–Trinajstić information content (AvgIpc) is 2.68. The van der Waals surface area contributed by atoms with E-state index in [1.807, 2.05) is 61.5 Å². The lowest BCUT2D eigenvalue weighted by atomic mass is 10.1. The largest absolute Gasteiger partial charge is 0.353 e. The third-order valence-electron chi connectivity index (χ3n) is 4.26. The monoisotopic (exact) mass is 363 g/mol. The van der Waals surface area contributed by atoms with Crippen LogP contribution in [0.1, 0.15) is 18.1 Å². The SMILES string of the molecule is CCc1ccccc1Nc1ncnc(N(C)Cc2ccccc2)c1[N+](=O)[O-]. The minimum absolute atomic E-state index is 0.137. The van der Waals surface area contributed by atoms with Crippen LogP contribution in [0.25, 0.3) is 0 Å². The molecule has 0 atom stereocenters. The first-order valence-corrected chi connectivity index (χ1v) is 8.69. The molecular weight excluding hydrogens is 342 g/mol. The fourth-order valence-electron chi connectivity index (χ4n) is 2.92. The molecule has 0 amide bonds. The smallest absolute Gasteiger partial charge is 0.349 e. The predicted molar refractivity (Wildman–Crippen MR) is 106 cm³/mol. The zero-order valence-electron chi connectivity index (χ0n) is 15.3. The summed E-state index contributed by atoms with van der Waals surface area (Å²) in [6.07, 6.45) is 2.16. The van der Waals surface area contributed by atoms with Gasteiger partial charge in [0.05, 0.1) is 4.92 Å². The van der Waals surface area contributed by atoms with Gasteiger partial charge in [-0.05, 0) is 23.6 Å². The van der Waals surface area contributed by atoms with E-state index in [0.29, 0.717) is 6.54 Å². The molecule has 27 heavy (non-hydrogen) atoms. The maximum Gasteiger partial charge on any atom is 0.353 e. The summed E-state index contributed by atoms with van der Waals surface area (Å²) in [5.41, 5.74) is 2.77. The molecule has 1 heterocycles. The van der Waals surface area contributed by atoms with E-state index in [4.69, 9.17) is 0 Å². The molecule has 0 aliphatic carbocycles. The lowest BCUT2D eigenvalue weighted by Gasteiger charge is -2.19. The van der Waals surface area contributed by atoms with Crippen molar-refractivity contribution in [2.24, 2.45) is 0 Å². The van der Waals surface area contributed by atoms with Crippen molar-refractivity contribution in [1.29, 1.82) is 0 Å². The van der Waals surface area contributed by atoms with Crippen LogP contribution in [0.2, 0.25) is 0 Å². The number of nitrogens with one attached hydrogen (secondary N) is 1. The standard InChI is InChI=1S/C20H21N5O2/c1-3-16-11-7-8-12-17(16)23-19-18(25(26)27)20(22-14-21-19)24(2)13-15-9-5-4-6-10-15/h4-12,14H,3,13H2,1-2H3,(H,21,22,23). The van der Waals surface area contributed by atoms with Gasteiger partial charge in [0.15, 0.2) is 0 Å². The molecule has 7 heteroatoms. The zero-order valence-corrected chi connectivity index (χ0v) is 15.3. The summed E-state index contributed by atoms with van der Waals surface area (Å²) >= 11 is 0. The molecule has 1 N–H and O–H groups in total. The van der Waals surface area contributed by atoms with Gasteiger partial charge >= 0.3 is 5.69 Å². The highest BCUT2D eigenvalue weighted by Gasteiger charge is 2.26. The number of benzene rings is 2. The number of hydrogen-bond acceptors (Lipinski definition) is 6. The van der Waals surface area contributed by atoms with Crippen molar-refractivity contribution in [3.8, 4) is 0 Å². The third kappa shape index (κ3) is 4.20. The minimum Gasteiger partial charge on any atom is -0.349 e. The molecule has 0 aliphatic heterocycles. The molecule has 0 bridgehead atoms. The van der Waals surface area contributed by atoms with E-state index in [0.717, 1.165) is 23.2 Å². The molecular formula is C20H21N5O2. The first kappa shape index (κ1) is 18.3. The molecule has 0 radical (unpaired) electrons. The Morgan fingerprint density at radius 1 is 1.07 bits per heavy atom. The summed E-state index contributed by atoms with van der Waals surface area (Å²) in [4.78, 5) is 21.4. The van der Waals surface area contributed by atoms with Crippen molar-refractivity contribution in [2.75, 3.05) is 17.3 Å². The van der Waals surface area contributed by atoms with Crippen LogP contribution in [0.5, 0.6) is 0 Å². The molecule has 1 aromatic heterocycles. The first-order chi connectivity index (χ1) is 13.1. The van der Waals surface area contributed by atoms with Crippen molar-refractivity contribution in [3.63, 3.8) is 0 Å². The van der Waals surface area contributed by atoms with E-state index < -0.39 is 4.92 Å². The second-order valence-corrected chi connectivity index (χ2v) is 6.13. The number of nitrogens with zero attached hydrogens (tertiary/aromatic N) is 4. The highest BCUT2D eigenvalue weighted by molar-refractivity contribution is 5.75. The van der Waals surface area contributed by atoms with Crippen LogP contribution >= 0.6 is 0 Å². The minimum atomic E-state index is -0.437. The van der Waals surface area contributed by atoms with E-state index >= 15 is 0 Å². The van der Waals surface area contributed by atoms with E-state index in [1.165, 1.54) is 6.33 Å². The average molecular weight is 363 g/mol. The van der Waals surface area contributed by atoms with Crippen molar-refractivity contribution in [2.45, 2.75) is 19.9 Å². The van der Waals surface area contributed by atoms with Gasteiger partial charge in [-0.1, -0.05) is 55.5 Å². The van der Waals surface area contributed by atoms with Gasteiger partial charge in [0.2, 0.25) is 11.6 Å². The molecule has 0 saturated heterocycles. The van der Waals surface area contributed by atoms with Gasteiger partial charge < -0.3 is 10.2 Å². The Kier molecular flexibility index (Phi) is 5.61. The highest BCUT2D eigenvalue weighted by atomic mass is 16.6. The van der Waals surface area contributed by atoms with Gasteiger partial charge in [0.25, 0.3) is 0 Å². The second-order valence-electron chi connectivity index (χ2n) is 6.13. The zero-order chi connectivity index (χ0) is 19.2. The summed E-state index contributed by atoms with van der Waals surface area (Å²) in [5.74, 6) is 0.459. The normalized spacial score (nSPS) is 10.4. The van der Waals surface area contributed by atoms with E-state index in [2.05, 4.69) is 15.3 Å². The molecule has 0 unspecified atom stereocenters. The number of nitro groups is 1. The van der Waals surface area contributed by atoms with Crippen LogP contribution in [0, 0.1) is 10.1 Å². The molecule has 3 rings (SSSR count). The Morgan fingerprint density at radius 3 is 2.48 bits per heavy atom. The topological polar surface area (TPSA) is 84.2 Å². The maximum absolute atomic E-state index is 11.8. The Morgan fingerprint density at radius 2 is 1.78 bits per heavy atom. The van der Waals surface area contributed by atoms with E-state index in [1.54, 1.807) is 11.9 Å². The van der Waals surface area contributed by atoms with Crippen molar-refractivity contribution in [1.82, 2.24) is 9.97 Å². The maximum atomic E-state index is 11.8. The molecule has 2 aromatic carbocycles. The third-order valence-corrected chi connectivity index (χ3v) is 4.26.